The van der Waals surface area contributed by atoms with Crippen LogP contribution in [0.4, 0.5) is 5.95 Å². The van der Waals surface area contributed by atoms with E-state index in [0.717, 1.165) is 0 Å². The average Bonchev–Trinajstić information content (AvgIpc) is 2.38. The van der Waals surface area contributed by atoms with E-state index in [0.29, 0.717) is 0 Å². The molecule has 1 aromatic rings. The standard InChI is InChI=1S/C12H19N5O2/c1-9(17(4)8-10(18)16(2)3)11(19)15-12-13-6-5-7-14-12/h5-7,9H,8H2,1-4H3,(H,13,14,15,19). The number of amides is 2. The van der Waals surface area contributed by atoms with Crippen LogP contribution < -0.4 is 5.32 Å². The van der Waals surface area contributed by atoms with Gasteiger partial charge in [0.15, 0.2) is 0 Å². The van der Waals surface area contributed by atoms with Crippen molar-refractivity contribution in [1.82, 2.24) is 19.8 Å². The van der Waals surface area contributed by atoms with Crippen LogP contribution in [0.5, 0.6) is 0 Å². The van der Waals surface area contributed by atoms with Crippen molar-refractivity contribution >= 4 is 17.8 Å². The van der Waals surface area contributed by atoms with Crippen LogP contribution in [0.2, 0.25) is 0 Å². The summed E-state index contributed by atoms with van der Waals surface area (Å²) >= 11 is 0. The number of aromatic nitrogens is 2. The maximum absolute atomic E-state index is 11.9. The van der Waals surface area contributed by atoms with Gasteiger partial charge in [0, 0.05) is 26.5 Å². The molecule has 0 fully saturated rings. The van der Waals surface area contributed by atoms with E-state index >= 15 is 0 Å². The predicted molar refractivity (Wildman–Crippen MR) is 71.4 cm³/mol. The zero-order valence-electron chi connectivity index (χ0n) is 11.6. The zero-order chi connectivity index (χ0) is 14.4. The normalized spacial score (nSPS) is 12.1. The van der Waals surface area contributed by atoms with Crippen LogP contribution in [-0.4, -0.2) is 65.3 Å². The molecule has 0 aromatic carbocycles. The topological polar surface area (TPSA) is 78.4 Å². The van der Waals surface area contributed by atoms with Gasteiger partial charge in [-0.15, -0.1) is 0 Å². The van der Waals surface area contributed by atoms with Gasteiger partial charge in [-0.2, -0.15) is 0 Å². The van der Waals surface area contributed by atoms with Gasteiger partial charge in [-0.05, 0) is 20.0 Å². The Labute approximate surface area is 112 Å². The maximum Gasteiger partial charge on any atom is 0.243 e. The third-order valence-electron chi connectivity index (χ3n) is 2.72. The lowest BCUT2D eigenvalue weighted by atomic mass is 10.2. The minimum atomic E-state index is -0.451. The van der Waals surface area contributed by atoms with Crippen LogP contribution in [0.25, 0.3) is 0 Å². The van der Waals surface area contributed by atoms with Crippen molar-refractivity contribution < 1.29 is 9.59 Å². The van der Waals surface area contributed by atoms with Crippen LogP contribution >= 0.6 is 0 Å². The zero-order valence-corrected chi connectivity index (χ0v) is 11.6. The van der Waals surface area contributed by atoms with Crippen LogP contribution in [0, 0.1) is 0 Å². The van der Waals surface area contributed by atoms with E-state index in [2.05, 4.69) is 15.3 Å². The van der Waals surface area contributed by atoms with Crippen LogP contribution in [-0.2, 0) is 9.59 Å². The van der Waals surface area contributed by atoms with Crippen LogP contribution in [0.3, 0.4) is 0 Å². The quantitative estimate of drug-likeness (QED) is 0.799. The minimum absolute atomic E-state index is 0.0573. The lowest BCUT2D eigenvalue weighted by Crippen LogP contribution is -2.44. The van der Waals surface area contributed by atoms with Gasteiger partial charge < -0.3 is 4.90 Å². The molecule has 2 amide bonds. The maximum atomic E-state index is 11.9. The Morgan fingerprint density at radius 3 is 2.37 bits per heavy atom. The Hall–Kier alpha value is -2.02. The molecule has 7 nitrogen and oxygen atoms in total. The van der Waals surface area contributed by atoms with Crippen molar-refractivity contribution in [3.63, 3.8) is 0 Å². The lowest BCUT2D eigenvalue weighted by molar-refractivity contribution is -0.131. The molecule has 0 saturated heterocycles. The molecule has 104 valence electrons. The van der Waals surface area contributed by atoms with Gasteiger partial charge in [-0.3, -0.25) is 19.8 Å². The Bertz CT molecular complexity index is 435. The van der Waals surface area contributed by atoms with Crippen molar-refractivity contribution in [2.75, 3.05) is 33.0 Å². The van der Waals surface area contributed by atoms with Gasteiger partial charge in [-0.1, -0.05) is 0 Å². The van der Waals surface area contributed by atoms with Gasteiger partial charge in [0.05, 0.1) is 12.6 Å². The fraction of sp³-hybridized carbons (Fsp3) is 0.500. The third-order valence-corrected chi connectivity index (χ3v) is 2.72. The van der Waals surface area contributed by atoms with Crippen LogP contribution in [0.15, 0.2) is 18.5 Å². The molecule has 1 N–H and O–H groups in total. The largest absolute Gasteiger partial charge is 0.348 e. The van der Waals surface area contributed by atoms with Crippen molar-refractivity contribution in [1.29, 1.82) is 0 Å². The Kier molecular flexibility index (Phi) is 5.37. The summed E-state index contributed by atoms with van der Waals surface area (Å²) in [5.41, 5.74) is 0. The number of rotatable bonds is 5. The molecule has 0 aliphatic rings. The molecule has 0 aliphatic carbocycles. The van der Waals surface area contributed by atoms with Gasteiger partial charge in [-0.25, -0.2) is 9.97 Å². The summed E-state index contributed by atoms with van der Waals surface area (Å²) < 4.78 is 0. The number of hydrogen-bond donors (Lipinski definition) is 1. The molecule has 19 heavy (non-hydrogen) atoms. The van der Waals surface area contributed by atoms with E-state index < -0.39 is 6.04 Å². The first kappa shape index (κ1) is 15.0. The Morgan fingerprint density at radius 1 is 1.26 bits per heavy atom. The smallest absolute Gasteiger partial charge is 0.243 e. The first-order valence-corrected chi connectivity index (χ1v) is 5.90. The molecule has 7 heteroatoms. The number of nitrogens with one attached hydrogen (secondary N) is 1. The second kappa shape index (κ2) is 6.79. The molecule has 0 spiro atoms. The number of likely N-dealkylation sites (N-methyl/N-ethyl adjacent to an activating group) is 2. The second-order valence-electron chi connectivity index (χ2n) is 4.44. The van der Waals surface area contributed by atoms with E-state index in [1.807, 2.05) is 0 Å². The summed E-state index contributed by atoms with van der Waals surface area (Å²) in [6.45, 7) is 1.90. The fourth-order valence-electron chi connectivity index (χ4n) is 1.27. The van der Waals surface area contributed by atoms with Gasteiger partial charge in [0.2, 0.25) is 17.8 Å². The number of hydrogen-bond acceptors (Lipinski definition) is 5. The third kappa shape index (κ3) is 4.63. The summed E-state index contributed by atoms with van der Waals surface area (Å²) in [6, 6.07) is 1.22. The summed E-state index contributed by atoms with van der Waals surface area (Å²) in [5, 5.41) is 2.60. The van der Waals surface area contributed by atoms with Crippen LogP contribution in [0.1, 0.15) is 6.92 Å². The number of carbonyl (C=O) groups is 2. The van der Waals surface area contributed by atoms with E-state index in [1.165, 1.54) is 4.90 Å². The van der Waals surface area contributed by atoms with Crippen molar-refractivity contribution in [3.8, 4) is 0 Å². The van der Waals surface area contributed by atoms with Crippen molar-refractivity contribution in [2.45, 2.75) is 13.0 Å². The summed E-state index contributed by atoms with van der Waals surface area (Å²) in [4.78, 5) is 34.5. The molecule has 1 unspecified atom stereocenters. The van der Waals surface area contributed by atoms with E-state index in [-0.39, 0.29) is 24.3 Å². The highest BCUT2D eigenvalue weighted by molar-refractivity contribution is 5.93. The molecule has 1 rings (SSSR count). The molecular weight excluding hydrogens is 246 g/mol. The molecule has 0 saturated carbocycles. The predicted octanol–water partition coefficient (Wildman–Crippen LogP) is -0.176. The van der Waals surface area contributed by atoms with Crippen molar-refractivity contribution in [2.24, 2.45) is 0 Å². The number of carbonyl (C=O) groups excluding carboxylic acids is 2. The highest BCUT2D eigenvalue weighted by Gasteiger charge is 2.21. The first-order valence-electron chi connectivity index (χ1n) is 5.90. The Morgan fingerprint density at radius 2 is 1.84 bits per heavy atom. The average molecular weight is 265 g/mol. The first-order chi connectivity index (χ1) is 8.91. The van der Waals surface area contributed by atoms with Gasteiger partial charge >= 0.3 is 0 Å². The summed E-state index contributed by atoms with van der Waals surface area (Å²) in [6.07, 6.45) is 3.10. The number of anilines is 1. The fourth-order valence-corrected chi connectivity index (χ4v) is 1.27. The molecule has 1 aromatic heterocycles. The monoisotopic (exact) mass is 265 g/mol. The SMILES string of the molecule is CC(C(=O)Nc1ncccn1)N(C)CC(=O)N(C)C. The van der Waals surface area contributed by atoms with Gasteiger partial charge in [0.1, 0.15) is 0 Å². The second-order valence-corrected chi connectivity index (χ2v) is 4.44. The number of nitrogens with zero attached hydrogens (tertiary/aromatic N) is 4. The summed E-state index contributed by atoms with van der Waals surface area (Å²) in [7, 11) is 5.08. The van der Waals surface area contributed by atoms with E-state index in [4.69, 9.17) is 0 Å². The molecule has 0 radical (unpaired) electrons. The lowest BCUT2D eigenvalue weighted by Gasteiger charge is -2.24. The summed E-state index contributed by atoms with van der Waals surface area (Å²) in [5.74, 6) is -0.0509. The highest BCUT2D eigenvalue weighted by atomic mass is 16.2. The molecule has 1 atom stereocenters. The molecule has 0 bridgehead atoms. The van der Waals surface area contributed by atoms with Crippen molar-refractivity contribution in [3.05, 3.63) is 18.5 Å². The van der Waals surface area contributed by atoms with E-state index in [1.54, 1.807) is 51.4 Å². The minimum Gasteiger partial charge on any atom is -0.348 e. The molecule has 0 aliphatic heterocycles. The van der Waals surface area contributed by atoms with E-state index in [9.17, 15) is 9.59 Å². The molecule has 1 heterocycles. The highest BCUT2D eigenvalue weighted by Crippen LogP contribution is 2.01. The Balaban J connectivity index is 2.54. The van der Waals surface area contributed by atoms with Gasteiger partial charge in [0.25, 0.3) is 0 Å². The molecular formula is C12H19N5O2.